The van der Waals surface area contributed by atoms with Gasteiger partial charge in [-0.15, -0.1) is 0 Å². The number of hydrogen-bond acceptors (Lipinski definition) is 3. The molecule has 4 nitrogen and oxygen atoms in total. The minimum Gasteiger partial charge on any atom is -0.455 e. The van der Waals surface area contributed by atoms with Crippen LogP contribution in [0.2, 0.25) is 0 Å². The lowest BCUT2D eigenvalue weighted by Crippen LogP contribution is -2.33. The molecular weight excluding hydrogens is 324 g/mol. The largest absolute Gasteiger partial charge is 0.455 e. The van der Waals surface area contributed by atoms with E-state index in [1.807, 2.05) is 35.2 Å². The van der Waals surface area contributed by atoms with Gasteiger partial charge in [0.1, 0.15) is 5.76 Å². The van der Waals surface area contributed by atoms with E-state index in [9.17, 15) is 4.79 Å². The van der Waals surface area contributed by atoms with E-state index in [-0.39, 0.29) is 5.91 Å². The highest BCUT2D eigenvalue weighted by atomic mass is 16.4. The van der Waals surface area contributed by atoms with E-state index in [0.717, 1.165) is 43.8 Å². The molecule has 2 fully saturated rings. The zero-order valence-corrected chi connectivity index (χ0v) is 15.1. The van der Waals surface area contributed by atoms with Crippen molar-refractivity contribution in [1.82, 2.24) is 9.80 Å². The second-order valence-corrected chi connectivity index (χ2v) is 7.25. The molecule has 2 aliphatic rings. The highest BCUT2D eigenvalue weighted by molar-refractivity contribution is 5.92. The summed E-state index contributed by atoms with van der Waals surface area (Å²) >= 11 is 0. The summed E-state index contributed by atoms with van der Waals surface area (Å²) in [6, 6.07) is 14.3. The van der Waals surface area contributed by atoms with Crippen molar-refractivity contribution in [3.8, 4) is 0 Å². The maximum absolute atomic E-state index is 12.9. The zero-order valence-electron chi connectivity index (χ0n) is 15.1. The molecule has 1 amide bonds. The molecule has 1 aromatic carbocycles. The van der Waals surface area contributed by atoms with E-state index in [0.29, 0.717) is 18.3 Å². The van der Waals surface area contributed by atoms with Crippen LogP contribution in [0.3, 0.4) is 0 Å². The van der Waals surface area contributed by atoms with Crippen LogP contribution in [0.1, 0.15) is 47.6 Å². The van der Waals surface area contributed by atoms with Gasteiger partial charge in [-0.25, -0.2) is 0 Å². The Morgan fingerprint density at radius 3 is 2.62 bits per heavy atom. The normalized spacial score (nSPS) is 17.8. The van der Waals surface area contributed by atoms with Gasteiger partial charge in [-0.2, -0.15) is 0 Å². The van der Waals surface area contributed by atoms with Crippen molar-refractivity contribution in [3.63, 3.8) is 0 Å². The molecule has 2 heterocycles. The van der Waals surface area contributed by atoms with Crippen molar-refractivity contribution in [2.24, 2.45) is 0 Å². The molecule has 1 aliphatic carbocycles. The molecule has 0 unspecified atom stereocenters. The van der Waals surface area contributed by atoms with Crippen LogP contribution in [0.4, 0.5) is 0 Å². The average molecular weight is 350 g/mol. The van der Waals surface area contributed by atoms with Gasteiger partial charge in [-0.3, -0.25) is 9.69 Å². The molecule has 0 atom stereocenters. The molecule has 136 valence electrons. The molecule has 2 aromatic rings. The molecule has 1 saturated carbocycles. The lowest BCUT2D eigenvalue weighted by atomic mass is 10.2. The van der Waals surface area contributed by atoms with Crippen LogP contribution in [0.5, 0.6) is 0 Å². The predicted molar refractivity (Wildman–Crippen MR) is 103 cm³/mol. The molecule has 0 N–H and O–H groups in total. The summed E-state index contributed by atoms with van der Waals surface area (Å²) in [6.07, 6.45) is 8.84. The maximum atomic E-state index is 12.9. The van der Waals surface area contributed by atoms with Crippen molar-refractivity contribution in [3.05, 3.63) is 65.6 Å². The molecule has 26 heavy (non-hydrogen) atoms. The van der Waals surface area contributed by atoms with Gasteiger partial charge in [0.15, 0.2) is 5.76 Å². The number of carbonyl (C=O) groups is 1. The predicted octanol–water partition coefficient (Wildman–Crippen LogP) is 4.19. The summed E-state index contributed by atoms with van der Waals surface area (Å²) in [5, 5.41) is 0. The summed E-state index contributed by atoms with van der Waals surface area (Å²) in [6.45, 7) is 3.69. The lowest BCUT2D eigenvalue weighted by Gasteiger charge is -2.19. The zero-order chi connectivity index (χ0) is 17.8. The topological polar surface area (TPSA) is 36.7 Å². The third-order valence-corrected chi connectivity index (χ3v) is 5.11. The third-order valence-electron chi connectivity index (χ3n) is 5.11. The van der Waals surface area contributed by atoms with Crippen LogP contribution in [0.15, 0.2) is 53.0 Å². The van der Waals surface area contributed by atoms with Crippen molar-refractivity contribution in [2.45, 2.75) is 38.3 Å². The minimum absolute atomic E-state index is 0.0119. The van der Waals surface area contributed by atoms with E-state index in [2.05, 4.69) is 29.2 Å². The van der Waals surface area contributed by atoms with Gasteiger partial charge in [0.2, 0.25) is 0 Å². The van der Waals surface area contributed by atoms with Crippen LogP contribution >= 0.6 is 0 Å². The third kappa shape index (κ3) is 4.25. The summed E-state index contributed by atoms with van der Waals surface area (Å²) in [4.78, 5) is 17.2. The van der Waals surface area contributed by atoms with Gasteiger partial charge in [-0.05, 0) is 56.5 Å². The van der Waals surface area contributed by atoms with E-state index >= 15 is 0 Å². The number of hydrogen-bond donors (Lipinski definition) is 0. The number of likely N-dealkylation sites (tertiary alicyclic amines) is 1. The monoisotopic (exact) mass is 350 g/mol. The average Bonchev–Trinajstić information content (AvgIpc) is 3.17. The SMILES string of the molecule is O=C(c1ccc(CN2CCCC2)o1)N(C/C=C/c1ccccc1)C1CC1. The first-order valence-corrected chi connectivity index (χ1v) is 9.63. The fraction of sp³-hybridized carbons (Fsp3) is 0.409. The number of furan rings is 1. The Kier molecular flexibility index (Phi) is 5.21. The van der Waals surface area contributed by atoms with E-state index < -0.39 is 0 Å². The van der Waals surface area contributed by atoms with Crippen LogP contribution in [0.25, 0.3) is 6.08 Å². The maximum Gasteiger partial charge on any atom is 0.290 e. The summed E-state index contributed by atoms with van der Waals surface area (Å²) in [7, 11) is 0. The molecule has 4 heteroatoms. The first-order chi connectivity index (χ1) is 12.8. The standard InChI is InChI=1S/C22H26N2O2/c25-22(21-13-12-20(26-21)17-23-14-4-5-15-23)24(19-10-11-19)16-6-9-18-7-2-1-3-8-18/h1-3,6-9,12-13,19H,4-5,10-11,14-17H2/b9-6+. The van der Waals surface area contributed by atoms with Gasteiger partial charge in [0.25, 0.3) is 5.91 Å². The summed E-state index contributed by atoms with van der Waals surface area (Å²) < 4.78 is 5.87. The second-order valence-electron chi connectivity index (χ2n) is 7.25. The van der Waals surface area contributed by atoms with Crippen molar-refractivity contribution in [1.29, 1.82) is 0 Å². The molecule has 0 radical (unpaired) electrons. The van der Waals surface area contributed by atoms with E-state index in [1.54, 1.807) is 0 Å². The molecular formula is C22H26N2O2. The van der Waals surface area contributed by atoms with Crippen molar-refractivity contribution in [2.75, 3.05) is 19.6 Å². The van der Waals surface area contributed by atoms with Crippen LogP contribution < -0.4 is 0 Å². The van der Waals surface area contributed by atoms with Crippen molar-refractivity contribution < 1.29 is 9.21 Å². The number of nitrogens with zero attached hydrogens (tertiary/aromatic N) is 2. The van der Waals surface area contributed by atoms with Gasteiger partial charge in [0, 0.05) is 12.6 Å². The summed E-state index contributed by atoms with van der Waals surface area (Å²) in [5.41, 5.74) is 1.15. The van der Waals surface area contributed by atoms with Gasteiger partial charge in [0.05, 0.1) is 6.54 Å². The number of rotatable bonds is 7. The first kappa shape index (κ1) is 17.1. The number of benzene rings is 1. The van der Waals surface area contributed by atoms with Gasteiger partial charge >= 0.3 is 0 Å². The van der Waals surface area contributed by atoms with Gasteiger partial charge in [-0.1, -0.05) is 42.5 Å². The Hall–Kier alpha value is -2.33. The Balaban J connectivity index is 1.39. The smallest absolute Gasteiger partial charge is 0.290 e. The highest BCUT2D eigenvalue weighted by Gasteiger charge is 2.33. The van der Waals surface area contributed by atoms with Crippen molar-refractivity contribution >= 4 is 12.0 Å². The molecule has 1 aromatic heterocycles. The quantitative estimate of drug-likeness (QED) is 0.751. The first-order valence-electron chi connectivity index (χ1n) is 9.63. The lowest BCUT2D eigenvalue weighted by molar-refractivity contribution is 0.0727. The number of amides is 1. The Morgan fingerprint density at radius 2 is 1.88 bits per heavy atom. The molecule has 1 saturated heterocycles. The number of carbonyl (C=O) groups excluding carboxylic acids is 1. The Labute approximate surface area is 155 Å². The molecule has 4 rings (SSSR count). The van der Waals surface area contributed by atoms with Crippen LogP contribution in [-0.4, -0.2) is 41.4 Å². The van der Waals surface area contributed by atoms with E-state index in [1.165, 1.54) is 12.8 Å². The Bertz CT molecular complexity index is 755. The minimum atomic E-state index is 0.0119. The highest BCUT2D eigenvalue weighted by Crippen LogP contribution is 2.29. The van der Waals surface area contributed by atoms with Gasteiger partial charge < -0.3 is 9.32 Å². The fourth-order valence-electron chi connectivity index (χ4n) is 3.53. The van der Waals surface area contributed by atoms with E-state index in [4.69, 9.17) is 4.42 Å². The second kappa shape index (κ2) is 7.92. The molecule has 1 aliphatic heterocycles. The van der Waals surface area contributed by atoms with Crippen LogP contribution in [-0.2, 0) is 6.54 Å². The molecule has 0 spiro atoms. The Morgan fingerprint density at radius 1 is 1.12 bits per heavy atom. The molecule has 0 bridgehead atoms. The van der Waals surface area contributed by atoms with Crippen LogP contribution in [0, 0.1) is 0 Å². The summed E-state index contributed by atoms with van der Waals surface area (Å²) in [5.74, 6) is 1.38. The fourth-order valence-corrected chi connectivity index (χ4v) is 3.53.